The summed E-state index contributed by atoms with van der Waals surface area (Å²) in [5.41, 5.74) is 0.940. The van der Waals surface area contributed by atoms with Gasteiger partial charge < -0.3 is 15.1 Å². The number of rotatable bonds is 5. The van der Waals surface area contributed by atoms with Crippen molar-refractivity contribution in [2.75, 3.05) is 39.0 Å². The van der Waals surface area contributed by atoms with Gasteiger partial charge in [-0.15, -0.1) is 0 Å². The number of hydrogen-bond donors (Lipinski definition) is 1. The molecule has 1 fully saturated rings. The van der Waals surface area contributed by atoms with Gasteiger partial charge in [0.25, 0.3) is 0 Å². The average Bonchev–Trinajstić information content (AvgIpc) is 2.45. The molecule has 0 atom stereocenters. The standard InChI is InChI=1S/C16H21N7O/c1-11-19-13(12-8-23(9-12)15(24)10-22(2)3)7-14(20-11)21-16-17-5-4-6-18-16/h4-7,12H,8-10H2,1-3H3,(H,17,18,19,20,21). The Morgan fingerprint density at radius 2 is 2.00 bits per heavy atom. The first-order valence-electron chi connectivity index (χ1n) is 7.83. The van der Waals surface area contributed by atoms with Crippen LogP contribution in [0.1, 0.15) is 17.4 Å². The first-order chi connectivity index (χ1) is 11.5. The maximum atomic E-state index is 12.0. The zero-order chi connectivity index (χ0) is 17.1. The monoisotopic (exact) mass is 327 g/mol. The van der Waals surface area contributed by atoms with Gasteiger partial charge in [-0.2, -0.15) is 0 Å². The minimum absolute atomic E-state index is 0.151. The fraction of sp³-hybridized carbons (Fsp3) is 0.438. The summed E-state index contributed by atoms with van der Waals surface area (Å²) in [6, 6.07) is 3.66. The number of carbonyl (C=O) groups excluding carboxylic acids is 1. The van der Waals surface area contributed by atoms with E-state index in [0.29, 0.717) is 37.2 Å². The zero-order valence-corrected chi connectivity index (χ0v) is 14.1. The lowest BCUT2D eigenvalue weighted by atomic mass is 9.95. The SMILES string of the molecule is Cc1nc(Nc2ncccn2)cc(C2CN(C(=O)CN(C)C)C2)n1. The van der Waals surface area contributed by atoms with Crippen molar-refractivity contribution in [3.63, 3.8) is 0 Å². The van der Waals surface area contributed by atoms with E-state index in [4.69, 9.17) is 0 Å². The van der Waals surface area contributed by atoms with Gasteiger partial charge in [-0.05, 0) is 27.1 Å². The van der Waals surface area contributed by atoms with E-state index in [-0.39, 0.29) is 11.8 Å². The van der Waals surface area contributed by atoms with Gasteiger partial charge in [0, 0.05) is 37.5 Å². The van der Waals surface area contributed by atoms with Crippen molar-refractivity contribution in [1.29, 1.82) is 0 Å². The minimum atomic E-state index is 0.151. The Kier molecular flexibility index (Phi) is 4.66. The number of aromatic nitrogens is 4. The Hall–Kier alpha value is -2.61. The van der Waals surface area contributed by atoms with Gasteiger partial charge >= 0.3 is 0 Å². The van der Waals surface area contributed by atoms with E-state index in [1.165, 1.54) is 0 Å². The third-order valence-electron chi connectivity index (χ3n) is 3.77. The van der Waals surface area contributed by atoms with E-state index in [1.807, 2.05) is 36.9 Å². The second-order valence-electron chi connectivity index (χ2n) is 6.16. The molecule has 8 nitrogen and oxygen atoms in total. The smallest absolute Gasteiger partial charge is 0.236 e. The van der Waals surface area contributed by atoms with Crippen molar-refractivity contribution < 1.29 is 4.79 Å². The Morgan fingerprint density at radius 3 is 2.67 bits per heavy atom. The summed E-state index contributed by atoms with van der Waals surface area (Å²) in [6.45, 7) is 3.69. The molecule has 1 saturated heterocycles. The lowest BCUT2D eigenvalue weighted by molar-refractivity contribution is -0.136. The number of hydrogen-bond acceptors (Lipinski definition) is 7. The van der Waals surface area contributed by atoms with Crippen LogP contribution >= 0.6 is 0 Å². The maximum Gasteiger partial charge on any atom is 0.236 e. The third kappa shape index (κ3) is 3.83. The molecule has 1 amide bonds. The molecule has 0 unspecified atom stereocenters. The van der Waals surface area contributed by atoms with Crippen LogP contribution in [-0.4, -0.2) is 69.4 Å². The van der Waals surface area contributed by atoms with Crippen LogP contribution in [0.5, 0.6) is 0 Å². The average molecular weight is 327 g/mol. The summed E-state index contributed by atoms with van der Waals surface area (Å²) in [5.74, 6) is 2.25. The lowest BCUT2D eigenvalue weighted by Gasteiger charge is -2.39. The molecule has 1 aliphatic rings. The van der Waals surface area contributed by atoms with Crippen LogP contribution in [0.25, 0.3) is 0 Å². The van der Waals surface area contributed by atoms with Crippen molar-refractivity contribution >= 4 is 17.7 Å². The van der Waals surface area contributed by atoms with Crippen LogP contribution in [0.3, 0.4) is 0 Å². The van der Waals surface area contributed by atoms with Crippen molar-refractivity contribution in [2.45, 2.75) is 12.8 Å². The normalized spacial score (nSPS) is 14.6. The second kappa shape index (κ2) is 6.88. The molecule has 3 heterocycles. The number of carbonyl (C=O) groups is 1. The van der Waals surface area contributed by atoms with E-state index in [1.54, 1.807) is 18.5 Å². The molecule has 0 aromatic carbocycles. The van der Waals surface area contributed by atoms with Crippen LogP contribution < -0.4 is 5.32 Å². The number of likely N-dealkylation sites (tertiary alicyclic amines) is 1. The molecule has 1 aliphatic heterocycles. The van der Waals surface area contributed by atoms with E-state index < -0.39 is 0 Å². The van der Waals surface area contributed by atoms with E-state index in [0.717, 1.165) is 5.69 Å². The van der Waals surface area contributed by atoms with Gasteiger partial charge in [0.05, 0.1) is 12.2 Å². The number of nitrogens with zero attached hydrogens (tertiary/aromatic N) is 6. The van der Waals surface area contributed by atoms with Gasteiger partial charge in [-0.3, -0.25) is 4.79 Å². The van der Waals surface area contributed by atoms with Gasteiger partial charge in [0.1, 0.15) is 11.6 Å². The first-order valence-corrected chi connectivity index (χ1v) is 7.83. The number of aryl methyl sites for hydroxylation is 1. The maximum absolute atomic E-state index is 12.0. The first kappa shape index (κ1) is 16.3. The predicted molar refractivity (Wildman–Crippen MR) is 90.0 cm³/mol. The van der Waals surface area contributed by atoms with E-state index in [9.17, 15) is 4.79 Å². The molecule has 8 heteroatoms. The summed E-state index contributed by atoms with van der Waals surface area (Å²) in [5, 5.41) is 3.09. The highest BCUT2D eigenvalue weighted by atomic mass is 16.2. The van der Waals surface area contributed by atoms with Crippen LogP contribution in [0.2, 0.25) is 0 Å². The molecule has 0 spiro atoms. The molecule has 0 radical (unpaired) electrons. The molecule has 0 bridgehead atoms. The van der Waals surface area contributed by atoms with Crippen LogP contribution in [0, 0.1) is 6.92 Å². The molecule has 1 N–H and O–H groups in total. The quantitative estimate of drug-likeness (QED) is 0.869. The Labute approximate surface area is 141 Å². The molecular formula is C16H21N7O. The van der Waals surface area contributed by atoms with Gasteiger partial charge in [0.2, 0.25) is 11.9 Å². The van der Waals surface area contributed by atoms with Crippen LogP contribution in [-0.2, 0) is 4.79 Å². The predicted octanol–water partition coefficient (Wildman–Crippen LogP) is 0.806. The number of nitrogens with one attached hydrogen (secondary N) is 1. The third-order valence-corrected chi connectivity index (χ3v) is 3.77. The zero-order valence-electron chi connectivity index (χ0n) is 14.1. The minimum Gasteiger partial charge on any atom is -0.340 e. The molecule has 126 valence electrons. The summed E-state index contributed by atoms with van der Waals surface area (Å²) in [7, 11) is 3.79. The van der Waals surface area contributed by atoms with E-state index >= 15 is 0 Å². The summed E-state index contributed by atoms with van der Waals surface area (Å²) in [6.07, 6.45) is 3.34. The van der Waals surface area contributed by atoms with Crippen molar-refractivity contribution in [2.24, 2.45) is 0 Å². The fourth-order valence-corrected chi connectivity index (χ4v) is 2.58. The second-order valence-corrected chi connectivity index (χ2v) is 6.16. The summed E-state index contributed by atoms with van der Waals surface area (Å²) >= 11 is 0. The van der Waals surface area contributed by atoms with Crippen molar-refractivity contribution in [3.05, 3.63) is 36.0 Å². The Balaban J connectivity index is 1.66. The number of likely N-dealkylation sites (N-methyl/N-ethyl adjacent to an activating group) is 1. The summed E-state index contributed by atoms with van der Waals surface area (Å²) < 4.78 is 0. The molecule has 2 aromatic rings. The summed E-state index contributed by atoms with van der Waals surface area (Å²) in [4.78, 5) is 32.9. The largest absolute Gasteiger partial charge is 0.340 e. The Morgan fingerprint density at radius 1 is 1.29 bits per heavy atom. The lowest BCUT2D eigenvalue weighted by Crippen LogP contribution is -2.51. The van der Waals surface area contributed by atoms with Crippen molar-refractivity contribution in [1.82, 2.24) is 29.7 Å². The highest BCUT2D eigenvalue weighted by molar-refractivity contribution is 5.79. The van der Waals surface area contributed by atoms with E-state index in [2.05, 4.69) is 25.3 Å². The molecule has 0 saturated carbocycles. The number of anilines is 2. The number of amides is 1. The molecule has 2 aromatic heterocycles. The van der Waals surface area contributed by atoms with Gasteiger partial charge in [-0.25, -0.2) is 19.9 Å². The van der Waals surface area contributed by atoms with Crippen LogP contribution in [0.15, 0.2) is 24.5 Å². The molecule has 24 heavy (non-hydrogen) atoms. The molecule has 3 rings (SSSR count). The van der Waals surface area contributed by atoms with Crippen LogP contribution in [0.4, 0.5) is 11.8 Å². The molecule has 0 aliphatic carbocycles. The van der Waals surface area contributed by atoms with Crippen molar-refractivity contribution in [3.8, 4) is 0 Å². The molecular weight excluding hydrogens is 306 g/mol. The highest BCUT2D eigenvalue weighted by Gasteiger charge is 2.33. The highest BCUT2D eigenvalue weighted by Crippen LogP contribution is 2.27. The van der Waals surface area contributed by atoms with Gasteiger partial charge in [0.15, 0.2) is 0 Å². The topological polar surface area (TPSA) is 87.1 Å². The fourth-order valence-electron chi connectivity index (χ4n) is 2.58. The van der Waals surface area contributed by atoms with Gasteiger partial charge in [-0.1, -0.05) is 0 Å². The Bertz CT molecular complexity index is 714.